The number of hydrogen-bond acceptors (Lipinski definition) is 6. The zero-order valence-corrected chi connectivity index (χ0v) is 17.4. The monoisotopic (exact) mass is 421 g/mol. The molecule has 9 nitrogen and oxygen atoms in total. The van der Waals surface area contributed by atoms with Crippen molar-refractivity contribution in [2.75, 3.05) is 23.0 Å². The quantitative estimate of drug-likeness (QED) is 0.517. The molecule has 2 aromatic carbocycles. The Kier molecular flexibility index (Phi) is 6.80. The van der Waals surface area contributed by atoms with Crippen LogP contribution in [0.3, 0.4) is 0 Å². The summed E-state index contributed by atoms with van der Waals surface area (Å²) in [5, 5.41) is 13.6. The number of non-ortho nitro benzene ring substituents is 1. The summed E-state index contributed by atoms with van der Waals surface area (Å²) in [5.74, 6) is -0.148. The second-order valence-corrected chi connectivity index (χ2v) is 8.29. The average Bonchev–Trinajstić information content (AvgIpc) is 2.66. The van der Waals surface area contributed by atoms with Crippen LogP contribution in [-0.4, -0.2) is 38.7 Å². The van der Waals surface area contributed by atoms with Gasteiger partial charge in [-0.2, -0.15) is 0 Å². The highest BCUT2D eigenvalue weighted by Crippen LogP contribution is 2.28. The lowest BCUT2D eigenvalue weighted by molar-refractivity contribution is -0.384. The molecule has 0 aliphatic heterocycles. The van der Waals surface area contributed by atoms with E-state index in [-0.39, 0.29) is 23.5 Å². The van der Waals surface area contributed by atoms with Gasteiger partial charge < -0.3 is 10.1 Å². The summed E-state index contributed by atoms with van der Waals surface area (Å²) >= 11 is 0. The largest absolute Gasteiger partial charge is 0.497 e. The zero-order chi connectivity index (χ0) is 21.8. The van der Waals surface area contributed by atoms with E-state index in [1.165, 1.54) is 31.4 Å². The van der Waals surface area contributed by atoms with Crippen LogP contribution in [0.1, 0.15) is 18.9 Å². The molecule has 0 heterocycles. The molecular weight excluding hydrogens is 398 g/mol. The second kappa shape index (κ2) is 8.91. The van der Waals surface area contributed by atoms with Gasteiger partial charge in [0.05, 0.1) is 29.7 Å². The van der Waals surface area contributed by atoms with Crippen molar-refractivity contribution in [3.8, 4) is 5.75 Å². The Labute approximate surface area is 169 Å². The maximum Gasteiger partial charge on any atom is 0.271 e. The molecule has 156 valence electrons. The first-order valence-corrected chi connectivity index (χ1v) is 10.6. The van der Waals surface area contributed by atoms with Crippen LogP contribution in [0.15, 0.2) is 42.5 Å². The van der Waals surface area contributed by atoms with Crippen molar-refractivity contribution in [3.05, 3.63) is 58.1 Å². The van der Waals surface area contributed by atoms with Crippen molar-refractivity contribution in [1.29, 1.82) is 0 Å². The summed E-state index contributed by atoms with van der Waals surface area (Å²) in [5.41, 5.74) is 0.976. The van der Waals surface area contributed by atoms with Crippen molar-refractivity contribution in [1.82, 2.24) is 0 Å². The van der Waals surface area contributed by atoms with Gasteiger partial charge in [0.2, 0.25) is 15.9 Å². The number of ether oxygens (including phenoxy) is 1. The van der Waals surface area contributed by atoms with Gasteiger partial charge in [0.15, 0.2) is 0 Å². The van der Waals surface area contributed by atoms with Crippen LogP contribution in [0, 0.1) is 17.0 Å². The minimum Gasteiger partial charge on any atom is -0.497 e. The van der Waals surface area contributed by atoms with Crippen LogP contribution < -0.4 is 14.4 Å². The maximum atomic E-state index is 13.0. The van der Waals surface area contributed by atoms with Crippen LogP contribution in [0.5, 0.6) is 5.75 Å². The molecule has 1 atom stereocenters. The number of sulfonamides is 1. The van der Waals surface area contributed by atoms with Gasteiger partial charge >= 0.3 is 0 Å². The Balaban J connectivity index is 2.44. The lowest BCUT2D eigenvalue weighted by Crippen LogP contribution is -2.47. The number of hydrogen-bond donors (Lipinski definition) is 1. The number of nitro benzene ring substituents is 1. The molecule has 0 aliphatic carbocycles. The van der Waals surface area contributed by atoms with Crippen molar-refractivity contribution in [3.63, 3.8) is 0 Å². The number of nitrogens with zero attached hydrogens (tertiary/aromatic N) is 2. The third-order valence-corrected chi connectivity index (χ3v) is 5.51. The molecule has 29 heavy (non-hydrogen) atoms. The smallest absolute Gasteiger partial charge is 0.271 e. The number of carbonyl (C=O) groups is 1. The fraction of sp³-hybridized carbons (Fsp3) is 0.316. The first-order chi connectivity index (χ1) is 13.6. The number of nitro groups is 1. The van der Waals surface area contributed by atoms with E-state index in [0.29, 0.717) is 11.3 Å². The zero-order valence-electron chi connectivity index (χ0n) is 16.6. The topological polar surface area (TPSA) is 119 Å². The summed E-state index contributed by atoms with van der Waals surface area (Å²) in [6.07, 6.45) is 1.20. The summed E-state index contributed by atoms with van der Waals surface area (Å²) in [6, 6.07) is 9.42. The van der Waals surface area contributed by atoms with Gasteiger partial charge in [0.25, 0.3) is 5.69 Å². The molecule has 0 radical (unpaired) electrons. The molecule has 0 bridgehead atoms. The van der Waals surface area contributed by atoms with Crippen LogP contribution in [0.4, 0.5) is 17.1 Å². The number of methoxy groups -OCH3 is 1. The Morgan fingerprint density at radius 3 is 2.52 bits per heavy atom. The van der Waals surface area contributed by atoms with Gasteiger partial charge in [0, 0.05) is 18.2 Å². The molecule has 0 saturated heterocycles. The van der Waals surface area contributed by atoms with E-state index in [4.69, 9.17) is 4.74 Å². The number of amides is 1. The molecule has 1 N–H and O–H groups in total. The predicted molar refractivity (Wildman–Crippen MR) is 111 cm³/mol. The van der Waals surface area contributed by atoms with E-state index in [0.717, 1.165) is 10.6 Å². The molecule has 1 amide bonds. The Hall–Kier alpha value is -3.14. The third-order valence-electron chi connectivity index (χ3n) is 4.33. The first-order valence-electron chi connectivity index (χ1n) is 8.77. The first kappa shape index (κ1) is 22.2. The predicted octanol–water partition coefficient (Wildman–Crippen LogP) is 3.10. The number of aryl methyl sites for hydroxylation is 1. The van der Waals surface area contributed by atoms with Crippen LogP contribution >= 0.6 is 0 Å². The van der Waals surface area contributed by atoms with Crippen LogP contribution in [0.2, 0.25) is 0 Å². The lowest BCUT2D eigenvalue weighted by Gasteiger charge is -2.30. The number of carbonyl (C=O) groups excluding carboxylic acids is 1. The molecule has 0 saturated carbocycles. The summed E-state index contributed by atoms with van der Waals surface area (Å²) in [4.78, 5) is 23.4. The normalized spacial score (nSPS) is 12.1. The molecule has 10 heteroatoms. The SMILES string of the molecule is CCC(C(=O)Nc1cc([N+](=O)[O-])ccc1C)N(c1cccc(OC)c1)S(C)(=O)=O. The number of nitrogens with one attached hydrogen (secondary N) is 1. The van der Waals surface area contributed by atoms with E-state index < -0.39 is 26.9 Å². The maximum absolute atomic E-state index is 13.0. The molecule has 2 aromatic rings. The molecule has 0 aliphatic rings. The van der Waals surface area contributed by atoms with E-state index in [1.807, 2.05) is 0 Å². The van der Waals surface area contributed by atoms with Crippen molar-refractivity contribution >= 4 is 33.0 Å². The summed E-state index contributed by atoms with van der Waals surface area (Å²) < 4.78 is 31.2. The fourth-order valence-electron chi connectivity index (χ4n) is 2.88. The summed E-state index contributed by atoms with van der Waals surface area (Å²) in [7, 11) is -2.36. The van der Waals surface area contributed by atoms with E-state index >= 15 is 0 Å². The highest BCUT2D eigenvalue weighted by molar-refractivity contribution is 7.92. The van der Waals surface area contributed by atoms with Crippen molar-refractivity contribution in [2.24, 2.45) is 0 Å². The number of rotatable bonds is 8. The number of anilines is 2. The van der Waals surface area contributed by atoms with Gasteiger partial charge in [-0.1, -0.05) is 19.1 Å². The highest BCUT2D eigenvalue weighted by atomic mass is 32.2. The van der Waals surface area contributed by atoms with Gasteiger partial charge in [-0.15, -0.1) is 0 Å². The molecule has 0 spiro atoms. The Morgan fingerprint density at radius 1 is 1.28 bits per heavy atom. The van der Waals surface area contributed by atoms with Gasteiger partial charge in [-0.05, 0) is 31.0 Å². The lowest BCUT2D eigenvalue weighted by atomic mass is 10.1. The standard InChI is InChI=1S/C19H23N3O6S/c1-5-18(19(23)20-17-12-15(22(24)25)10-9-13(17)2)21(29(4,26)27)14-7-6-8-16(11-14)28-3/h6-12,18H,5H2,1-4H3,(H,20,23). The minimum atomic E-state index is -3.81. The van der Waals surface area contributed by atoms with Gasteiger partial charge in [-0.3, -0.25) is 19.2 Å². The van der Waals surface area contributed by atoms with E-state index in [1.54, 1.807) is 32.0 Å². The van der Waals surface area contributed by atoms with Crippen molar-refractivity contribution in [2.45, 2.75) is 26.3 Å². The van der Waals surface area contributed by atoms with Crippen molar-refractivity contribution < 1.29 is 22.9 Å². The second-order valence-electron chi connectivity index (χ2n) is 6.43. The highest BCUT2D eigenvalue weighted by Gasteiger charge is 2.32. The fourth-order valence-corrected chi connectivity index (χ4v) is 4.09. The minimum absolute atomic E-state index is 0.174. The number of benzene rings is 2. The van der Waals surface area contributed by atoms with Gasteiger partial charge in [0.1, 0.15) is 11.8 Å². The van der Waals surface area contributed by atoms with Crippen LogP contribution in [0.25, 0.3) is 0 Å². The van der Waals surface area contributed by atoms with E-state index in [2.05, 4.69) is 5.32 Å². The Bertz CT molecular complexity index is 1020. The van der Waals surface area contributed by atoms with Crippen LogP contribution in [-0.2, 0) is 14.8 Å². The Morgan fingerprint density at radius 2 is 1.97 bits per heavy atom. The molecular formula is C19H23N3O6S. The molecule has 2 rings (SSSR count). The van der Waals surface area contributed by atoms with E-state index in [9.17, 15) is 23.3 Å². The molecule has 1 unspecified atom stereocenters. The third kappa shape index (κ3) is 5.23. The van der Waals surface area contributed by atoms with Gasteiger partial charge in [-0.25, -0.2) is 8.42 Å². The summed E-state index contributed by atoms with van der Waals surface area (Å²) in [6.45, 7) is 3.37. The molecule has 0 fully saturated rings. The molecule has 0 aromatic heterocycles. The average molecular weight is 421 g/mol.